The zero-order valence-electron chi connectivity index (χ0n) is 11.1. The van der Waals surface area contributed by atoms with Crippen molar-refractivity contribution in [3.63, 3.8) is 0 Å². The molecule has 0 saturated heterocycles. The molecule has 0 amide bonds. The van der Waals surface area contributed by atoms with Crippen molar-refractivity contribution in [1.29, 1.82) is 0 Å². The first-order chi connectivity index (χ1) is 9.28. The molecule has 0 aliphatic carbocycles. The first-order valence-electron chi connectivity index (χ1n) is 5.77. The van der Waals surface area contributed by atoms with Crippen LogP contribution in [0.5, 0.6) is 0 Å². The summed E-state index contributed by atoms with van der Waals surface area (Å²) in [5.74, 6) is -2.78. The average Bonchev–Trinajstić information content (AvgIpc) is 2.41. The Morgan fingerprint density at radius 3 is 2.50 bits per heavy atom. The van der Waals surface area contributed by atoms with E-state index in [1.165, 1.54) is 14.2 Å². The van der Waals surface area contributed by atoms with Gasteiger partial charge in [0, 0.05) is 20.0 Å². The number of carbonyl (C=O) groups excluding carboxylic acids is 1. The number of hydrogen-bond donors (Lipinski definition) is 0. The molecule has 8 heteroatoms. The number of esters is 1. The molecule has 0 aliphatic rings. The molecule has 112 valence electrons. The van der Waals surface area contributed by atoms with E-state index in [9.17, 15) is 22.0 Å². The summed E-state index contributed by atoms with van der Waals surface area (Å²) in [4.78, 5) is 10.6. The minimum atomic E-state index is -3.91. The van der Waals surface area contributed by atoms with Gasteiger partial charge < -0.3 is 4.74 Å². The molecule has 0 heterocycles. The smallest absolute Gasteiger partial charge is 0.305 e. The van der Waals surface area contributed by atoms with Crippen molar-refractivity contribution in [1.82, 2.24) is 4.31 Å². The fourth-order valence-electron chi connectivity index (χ4n) is 1.49. The Morgan fingerprint density at radius 1 is 1.30 bits per heavy atom. The summed E-state index contributed by atoms with van der Waals surface area (Å²) < 4.78 is 55.4. The lowest BCUT2D eigenvalue weighted by molar-refractivity contribution is -0.140. The fraction of sp³-hybridized carbons (Fsp3) is 0.417. The lowest BCUT2D eigenvalue weighted by Gasteiger charge is -2.16. The number of nitrogens with zero attached hydrogens (tertiary/aromatic N) is 1. The molecule has 0 atom stereocenters. The highest BCUT2D eigenvalue weighted by atomic mass is 32.2. The van der Waals surface area contributed by atoms with Gasteiger partial charge in [-0.25, -0.2) is 21.5 Å². The maximum Gasteiger partial charge on any atom is 0.305 e. The maximum atomic E-state index is 13.1. The third kappa shape index (κ3) is 3.97. The topological polar surface area (TPSA) is 63.7 Å². The van der Waals surface area contributed by atoms with Gasteiger partial charge in [-0.2, -0.15) is 0 Å². The van der Waals surface area contributed by atoms with Gasteiger partial charge in [-0.1, -0.05) is 0 Å². The molecule has 1 aromatic rings. The number of methoxy groups -OCH3 is 1. The summed E-state index contributed by atoms with van der Waals surface area (Å²) >= 11 is 0. The molecule has 20 heavy (non-hydrogen) atoms. The molecule has 0 N–H and O–H groups in total. The zero-order chi connectivity index (χ0) is 15.3. The third-order valence-corrected chi connectivity index (χ3v) is 4.53. The van der Waals surface area contributed by atoms with E-state index >= 15 is 0 Å². The third-order valence-electron chi connectivity index (χ3n) is 2.68. The van der Waals surface area contributed by atoms with Crippen LogP contribution in [0.2, 0.25) is 0 Å². The molecule has 0 saturated carbocycles. The Morgan fingerprint density at radius 2 is 1.95 bits per heavy atom. The quantitative estimate of drug-likeness (QED) is 0.748. The number of carbonyl (C=O) groups is 1. The van der Waals surface area contributed by atoms with Crippen molar-refractivity contribution in [2.24, 2.45) is 0 Å². The van der Waals surface area contributed by atoms with E-state index in [0.717, 1.165) is 16.4 Å². The van der Waals surface area contributed by atoms with Crippen molar-refractivity contribution in [2.45, 2.75) is 17.7 Å². The Balaban J connectivity index is 2.77. The highest BCUT2D eigenvalue weighted by Gasteiger charge is 2.22. The first kappa shape index (κ1) is 16.5. The van der Waals surface area contributed by atoms with Gasteiger partial charge in [0.05, 0.1) is 12.0 Å². The largest absolute Gasteiger partial charge is 0.469 e. The molecule has 0 radical (unpaired) electrons. The second kappa shape index (κ2) is 6.76. The van der Waals surface area contributed by atoms with Crippen molar-refractivity contribution in [3.05, 3.63) is 29.8 Å². The fourth-order valence-corrected chi connectivity index (χ4v) is 2.71. The van der Waals surface area contributed by atoms with Gasteiger partial charge in [0.25, 0.3) is 0 Å². The van der Waals surface area contributed by atoms with Gasteiger partial charge >= 0.3 is 5.97 Å². The molecule has 0 spiro atoms. The lowest BCUT2D eigenvalue weighted by Crippen LogP contribution is -2.28. The van der Waals surface area contributed by atoms with Gasteiger partial charge in [0.1, 0.15) is 0 Å². The van der Waals surface area contributed by atoms with E-state index in [4.69, 9.17) is 0 Å². The van der Waals surface area contributed by atoms with E-state index < -0.39 is 27.6 Å². The number of halogens is 2. The van der Waals surface area contributed by atoms with E-state index in [1.807, 2.05) is 0 Å². The second-order valence-corrected chi connectivity index (χ2v) is 6.13. The lowest BCUT2D eigenvalue weighted by atomic mass is 10.3. The van der Waals surface area contributed by atoms with E-state index in [-0.39, 0.29) is 24.3 Å². The highest BCUT2D eigenvalue weighted by Crippen LogP contribution is 2.17. The van der Waals surface area contributed by atoms with Crippen LogP contribution in [0.3, 0.4) is 0 Å². The van der Waals surface area contributed by atoms with Crippen LogP contribution in [-0.2, 0) is 19.6 Å². The van der Waals surface area contributed by atoms with Gasteiger partial charge in [-0.05, 0) is 24.6 Å². The van der Waals surface area contributed by atoms with E-state index in [0.29, 0.717) is 6.07 Å². The predicted molar refractivity (Wildman–Crippen MR) is 67.4 cm³/mol. The van der Waals surface area contributed by atoms with Crippen LogP contribution in [-0.4, -0.2) is 39.4 Å². The summed E-state index contributed by atoms with van der Waals surface area (Å²) in [5.41, 5.74) is 0. The van der Waals surface area contributed by atoms with Crippen molar-refractivity contribution < 1.29 is 26.7 Å². The van der Waals surface area contributed by atoms with Gasteiger partial charge in [-0.3, -0.25) is 4.79 Å². The minimum Gasteiger partial charge on any atom is -0.469 e. The summed E-state index contributed by atoms with van der Waals surface area (Å²) in [6, 6.07) is 2.37. The molecule has 0 bridgehead atoms. The standard InChI is InChI=1S/C12H15F2NO4S/c1-15(7-3-4-12(16)19-2)20(17,18)9-5-6-10(13)11(14)8-9/h5-6,8H,3-4,7H2,1-2H3. The summed E-state index contributed by atoms with van der Waals surface area (Å²) in [5, 5.41) is 0. The van der Waals surface area contributed by atoms with Crippen LogP contribution in [0.15, 0.2) is 23.1 Å². The normalized spacial score (nSPS) is 11.7. The molecule has 5 nitrogen and oxygen atoms in total. The Bertz CT molecular complexity index is 589. The minimum absolute atomic E-state index is 0.0659. The number of benzene rings is 1. The summed E-state index contributed by atoms with van der Waals surface area (Å²) in [6.07, 6.45) is 0.347. The van der Waals surface area contributed by atoms with Crippen LogP contribution < -0.4 is 0 Å². The molecule has 0 aromatic heterocycles. The molecule has 1 aromatic carbocycles. The molecular weight excluding hydrogens is 292 g/mol. The van der Waals surface area contributed by atoms with Gasteiger partial charge in [-0.15, -0.1) is 0 Å². The predicted octanol–water partition coefficient (Wildman–Crippen LogP) is 1.54. The number of hydrogen-bond acceptors (Lipinski definition) is 4. The molecular formula is C12H15F2NO4S. The number of sulfonamides is 1. The van der Waals surface area contributed by atoms with Crippen LogP contribution in [0.1, 0.15) is 12.8 Å². The second-order valence-electron chi connectivity index (χ2n) is 4.08. The number of rotatable bonds is 6. The molecule has 0 unspecified atom stereocenters. The average molecular weight is 307 g/mol. The maximum absolute atomic E-state index is 13.1. The van der Waals surface area contributed by atoms with E-state index in [1.54, 1.807) is 0 Å². The molecule has 1 rings (SSSR count). The van der Waals surface area contributed by atoms with Crippen LogP contribution >= 0.6 is 0 Å². The van der Waals surface area contributed by atoms with Crippen molar-refractivity contribution in [3.8, 4) is 0 Å². The first-order valence-corrected chi connectivity index (χ1v) is 7.21. The van der Waals surface area contributed by atoms with Crippen molar-refractivity contribution in [2.75, 3.05) is 20.7 Å². The Hall–Kier alpha value is -1.54. The zero-order valence-corrected chi connectivity index (χ0v) is 11.9. The summed E-state index contributed by atoms with van der Waals surface area (Å²) in [7, 11) is -1.37. The van der Waals surface area contributed by atoms with Gasteiger partial charge in [0.2, 0.25) is 10.0 Å². The highest BCUT2D eigenvalue weighted by molar-refractivity contribution is 7.89. The van der Waals surface area contributed by atoms with E-state index in [2.05, 4.69) is 4.74 Å². The van der Waals surface area contributed by atoms with Gasteiger partial charge in [0.15, 0.2) is 11.6 Å². The van der Waals surface area contributed by atoms with Crippen LogP contribution in [0, 0.1) is 11.6 Å². The van der Waals surface area contributed by atoms with Crippen LogP contribution in [0.25, 0.3) is 0 Å². The van der Waals surface area contributed by atoms with Crippen LogP contribution in [0.4, 0.5) is 8.78 Å². The molecule has 0 fully saturated rings. The van der Waals surface area contributed by atoms with Crippen molar-refractivity contribution >= 4 is 16.0 Å². The Labute approximate surface area is 116 Å². The summed E-state index contributed by atoms with van der Waals surface area (Å²) in [6.45, 7) is 0.0659. The molecule has 0 aliphatic heterocycles. The SMILES string of the molecule is COC(=O)CCCN(C)S(=O)(=O)c1ccc(F)c(F)c1. The number of ether oxygens (including phenoxy) is 1. The monoisotopic (exact) mass is 307 g/mol. The Kier molecular flexibility index (Phi) is 5.58.